The Morgan fingerprint density at radius 1 is 1.24 bits per heavy atom. The van der Waals surface area contributed by atoms with Crippen molar-refractivity contribution in [1.29, 1.82) is 0 Å². The van der Waals surface area contributed by atoms with Gasteiger partial charge in [0.1, 0.15) is 0 Å². The van der Waals surface area contributed by atoms with Gasteiger partial charge in [-0.05, 0) is 44.1 Å². The minimum atomic E-state index is -4.12. The lowest BCUT2D eigenvalue weighted by Gasteiger charge is -2.23. The molecular weight excluding hydrogens is 249 g/mol. The van der Waals surface area contributed by atoms with Crippen molar-refractivity contribution in [2.45, 2.75) is 50.8 Å². The molecule has 17 heavy (non-hydrogen) atoms. The van der Waals surface area contributed by atoms with Crippen LogP contribution in [-0.4, -0.2) is 16.9 Å². The normalized spacial score (nSPS) is 15.8. The van der Waals surface area contributed by atoms with Gasteiger partial charge in [0.05, 0.1) is 5.60 Å². The highest BCUT2D eigenvalue weighted by Gasteiger charge is 2.28. The molecule has 0 saturated carbocycles. The molecular formula is C12H17F3OS. The minimum Gasteiger partial charge on any atom is -0.390 e. The van der Waals surface area contributed by atoms with Crippen LogP contribution in [-0.2, 0) is 6.42 Å². The third kappa shape index (κ3) is 6.68. The first-order valence-electron chi connectivity index (χ1n) is 5.60. The van der Waals surface area contributed by atoms with Crippen LogP contribution in [0.2, 0.25) is 0 Å². The molecule has 0 aliphatic rings. The molecule has 1 atom stereocenters. The molecule has 0 spiro atoms. The van der Waals surface area contributed by atoms with Crippen LogP contribution in [0, 0.1) is 0 Å². The Balaban J connectivity index is 2.26. The second-order valence-electron chi connectivity index (χ2n) is 4.55. The summed E-state index contributed by atoms with van der Waals surface area (Å²) in [6.45, 7) is 1.61. The Morgan fingerprint density at radius 3 is 2.47 bits per heavy atom. The first kappa shape index (κ1) is 14.5. The van der Waals surface area contributed by atoms with Gasteiger partial charge in [-0.3, -0.25) is 0 Å². The second kappa shape index (κ2) is 5.87. The lowest BCUT2D eigenvalue weighted by Crippen LogP contribution is -2.25. The SMILES string of the molecule is CC(O)(CCCC(F)(F)F)CCc1cccs1. The van der Waals surface area contributed by atoms with E-state index in [9.17, 15) is 18.3 Å². The number of hydrogen-bond acceptors (Lipinski definition) is 2. The third-order valence-corrected chi connectivity index (χ3v) is 3.60. The molecule has 1 unspecified atom stereocenters. The highest BCUT2D eigenvalue weighted by atomic mass is 32.1. The van der Waals surface area contributed by atoms with Gasteiger partial charge in [-0.15, -0.1) is 11.3 Å². The van der Waals surface area contributed by atoms with Gasteiger partial charge in [0.25, 0.3) is 0 Å². The maximum absolute atomic E-state index is 12.0. The van der Waals surface area contributed by atoms with E-state index in [1.165, 1.54) is 0 Å². The molecule has 0 bridgehead atoms. The molecule has 0 saturated heterocycles. The molecule has 1 nitrogen and oxygen atoms in total. The summed E-state index contributed by atoms with van der Waals surface area (Å²) in [5.74, 6) is 0. The maximum atomic E-state index is 12.0. The molecule has 1 rings (SSSR count). The van der Waals surface area contributed by atoms with Crippen molar-refractivity contribution in [2.24, 2.45) is 0 Å². The van der Waals surface area contributed by atoms with Gasteiger partial charge in [-0.2, -0.15) is 13.2 Å². The van der Waals surface area contributed by atoms with Crippen molar-refractivity contribution >= 4 is 11.3 Å². The van der Waals surface area contributed by atoms with Crippen LogP contribution in [0.1, 0.15) is 37.5 Å². The predicted octanol–water partition coefficient (Wildman–Crippen LogP) is 4.16. The molecule has 0 fully saturated rings. The van der Waals surface area contributed by atoms with Crippen molar-refractivity contribution in [2.75, 3.05) is 0 Å². The fourth-order valence-corrected chi connectivity index (χ4v) is 2.35. The van der Waals surface area contributed by atoms with Crippen LogP contribution in [0.5, 0.6) is 0 Å². The van der Waals surface area contributed by atoms with Crippen LogP contribution in [0.15, 0.2) is 17.5 Å². The molecule has 0 amide bonds. The summed E-state index contributed by atoms with van der Waals surface area (Å²) in [6, 6.07) is 3.90. The smallest absolute Gasteiger partial charge is 0.389 e. The lowest BCUT2D eigenvalue weighted by molar-refractivity contribution is -0.137. The number of halogens is 3. The summed E-state index contributed by atoms with van der Waals surface area (Å²) in [5.41, 5.74) is -1.00. The average Bonchev–Trinajstić information content (AvgIpc) is 2.64. The van der Waals surface area contributed by atoms with Crippen molar-refractivity contribution in [1.82, 2.24) is 0 Å². The number of aryl methyl sites for hydroxylation is 1. The minimum absolute atomic E-state index is 0.0130. The average molecular weight is 266 g/mol. The Kier molecular flexibility index (Phi) is 5.01. The second-order valence-corrected chi connectivity index (χ2v) is 5.58. The van der Waals surface area contributed by atoms with E-state index in [-0.39, 0.29) is 12.8 Å². The van der Waals surface area contributed by atoms with Crippen LogP contribution in [0.4, 0.5) is 13.2 Å². The van der Waals surface area contributed by atoms with Gasteiger partial charge < -0.3 is 5.11 Å². The Bertz CT molecular complexity index is 317. The first-order valence-corrected chi connectivity index (χ1v) is 6.48. The van der Waals surface area contributed by atoms with E-state index in [2.05, 4.69) is 0 Å². The molecule has 1 aromatic rings. The first-order chi connectivity index (χ1) is 7.79. The third-order valence-electron chi connectivity index (χ3n) is 2.67. The Labute approximate surface area is 103 Å². The largest absolute Gasteiger partial charge is 0.390 e. The molecule has 5 heteroatoms. The maximum Gasteiger partial charge on any atom is 0.389 e. The highest BCUT2D eigenvalue weighted by molar-refractivity contribution is 7.09. The van der Waals surface area contributed by atoms with Crippen molar-refractivity contribution < 1.29 is 18.3 Å². The quantitative estimate of drug-likeness (QED) is 0.819. The zero-order chi connectivity index (χ0) is 12.9. The van der Waals surface area contributed by atoms with E-state index in [1.54, 1.807) is 18.3 Å². The van der Waals surface area contributed by atoms with Gasteiger partial charge in [-0.25, -0.2) is 0 Å². The lowest BCUT2D eigenvalue weighted by atomic mass is 9.93. The fraction of sp³-hybridized carbons (Fsp3) is 0.667. The van der Waals surface area contributed by atoms with Crippen molar-refractivity contribution in [3.63, 3.8) is 0 Å². The van der Waals surface area contributed by atoms with Gasteiger partial charge in [0, 0.05) is 11.3 Å². The van der Waals surface area contributed by atoms with Crippen LogP contribution in [0.3, 0.4) is 0 Å². The molecule has 1 N–H and O–H groups in total. The summed E-state index contributed by atoms with van der Waals surface area (Å²) >= 11 is 1.60. The van der Waals surface area contributed by atoms with Crippen LogP contribution < -0.4 is 0 Å². The Morgan fingerprint density at radius 2 is 1.94 bits per heavy atom. The highest BCUT2D eigenvalue weighted by Crippen LogP contribution is 2.27. The van der Waals surface area contributed by atoms with Gasteiger partial charge >= 0.3 is 6.18 Å². The molecule has 0 aliphatic heterocycles. The summed E-state index contributed by atoms with van der Waals surface area (Å²) in [4.78, 5) is 1.15. The van der Waals surface area contributed by atoms with Crippen molar-refractivity contribution in [3.8, 4) is 0 Å². The molecule has 0 aromatic carbocycles. The van der Waals surface area contributed by atoms with E-state index in [0.29, 0.717) is 6.42 Å². The number of alkyl halides is 3. The predicted molar refractivity (Wildman–Crippen MR) is 63.2 cm³/mol. The van der Waals surface area contributed by atoms with Crippen LogP contribution >= 0.6 is 11.3 Å². The Hall–Kier alpha value is -0.550. The standard InChI is InChI=1S/C12H17F3OS/c1-11(16,6-3-7-12(13,14)15)8-5-10-4-2-9-17-10/h2,4,9,16H,3,5-8H2,1H3. The van der Waals surface area contributed by atoms with Crippen LogP contribution in [0.25, 0.3) is 0 Å². The van der Waals surface area contributed by atoms with E-state index in [1.807, 2.05) is 17.5 Å². The molecule has 1 aromatic heterocycles. The molecule has 0 radical (unpaired) electrons. The summed E-state index contributed by atoms with van der Waals surface area (Å²) < 4.78 is 35.9. The summed E-state index contributed by atoms with van der Waals surface area (Å²) in [6.07, 6.45) is -3.53. The molecule has 1 heterocycles. The zero-order valence-corrected chi connectivity index (χ0v) is 10.6. The van der Waals surface area contributed by atoms with Gasteiger partial charge in [0.2, 0.25) is 0 Å². The van der Waals surface area contributed by atoms with E-state index < -0.39 is 18.2 Å². The number of hydrogen-bond donors (Lipinski definition) is 1. The fourth-order valence-electron chi connectivity index (χ4n) is 1.64. The zero-order valence-electron chi connectivity index (χ0n) is 9.76. The van der Waals surface area contributed by atoms with Gasteiger partial charge in [0.15, 0.2) is 0 Å². The summed E-state index contributed by atoms with van der Waals surface area (Å²) in [7, 11) is 0. The molecule has 98 valence electrons. The van der Waals surface area contributed by atoms with E-state index in [4.69, 9.17) is 0 Å². The van der Waals surface area contributed by atoms with E-state index in [0.717, 1.165) is 11.3 Å². The summed E-state index contributed by atoms with van der Waals surface area (Å²) in [5, 5.41) is 11.9. The molecule has 0 aliphatic carbocycles. The monoisotopic (exact) mass is 266 g/mol. The number of aliphatic hydroxyl groups is 1. The number of thiophene rings is 1. The van der Waals surface area contributed by atoms with Crippen molar-refractivity contribution in [3.05, 3.63) is 22.4 Å². The number of rotatable bonds is 6. The topological polar surface area (TPSA) is 20.2 Å². The van der Waals surface area contributed by atoms with E-state index >= 15 is 0 Å². The van der Waals surface area contributed by atoms with Gasteiger partial charge in [-0.1, -0.05) is 6.07 Å².